The van der Waals surface area contributed by atoms with Crippen LogP contribution in [0.4, 0.5) is 0 Å². The van der Waals surface area contributed by atoms with Gasteiger partial charge >= 0.3 is 5.97 Å². The monoisotopic (exact) mass is 342 g/mol. The number of carbonyl (C=O) groups excluding carboxylic acids is 2. The zero-order chi connectivity index (χ0) is 17.5. The molecule has 0 saturated heterocycles. The van der Waals surface area contributed by atoms with Crippen molar-refractivity contribution < 1.29 is 22.7 Å². The Labute approximate surface area is 136 Å². The van der Waals surface area contributed by atoms with E-state index >= 15 is 0 Å². The van der Waals surface area contributed by atoms with Crippen LogP contribution in [-0.2, 0) is 24.3 Å². The van der Waals surface area contributed by atoms with Crippen molar-refractivity contribution in [2.24, 2.45) is 0 Å². The molecule has 0 aliphatic rings. The third-order valence-corrected chi connectivity index (χ3v) is 4.46. The van der Waals surface area contributed by atoms with E-state index in [1.165, 1.54) is 19.1 Å². The molecule has 1 amide bonds. The SMILES string of the molecule is CCNC(=O)[C@H](C)OC(=O)CCNS(=O)(=O)c1ccc(C)cc1. The number of rotatable bonds is 8. The number of ether oxygens (including phenoxy) is 1. The van der Waals surface area contributed by atoms with Crippen molar-refractivity contribution in [2.75, 3.05) is 13.1 Å². The Morgan fingerprint density at radius 2 is 1.83 bits per heavy atom. The van der Waals surface area contributed by atoms with Gasteiger partial charge in [-0.2, -0.15) is 0 Å². The normalized spacial score (nSPS) is 12.5. The molecular formula is C15H22N2O5S. The highest BCUT2D eigenvalue weighted by Crippen LogP contribution is 2.09. The highest BCUT2D eigenvalue weighted by Gasteiger charge is 2.18. The van der Waals surface area contributed by atoms with Gasteiger partial charge in [-0.3, -0.25) is 9.59 Å². The van der Waals surface area contributed by atoms with Crippen LogP contribution >= 0.6 is 0 Å². The first kappa shape index (κ1) is 19.1. The second kappa shape index (κ2) is 8.64. The summed E-state index contributed by atoms with van der Waals surface area (Å²) in [5.41, 5.74) is 0.951. The summed E-state index contributed by atoms with van der Waals surface area (Å²) in [6.45, 7) is 5.41. The molecule has 0 aromatic heterocycles. The average molecular weight is 342 g/mol. The van der Waals surface area contributed by atoms with Crippen LogP contribution in [0.1, 0.15) is 25.8 Å². The molecular weight excluding hydrogens is 320 g/mol. The lowest BCUT2D eigenvalue weighted by Crippen LogP contribution is -2.36. The predicted octanol–water partition coefficient (Wildman–Crippen LogP) is 0.731. The van der Waals surface area contributed by atoms with Crippen LogP contribution in [0.25, 0.3) is 0 Å². The second-order valence-corrected chi connectivity index (χ2v) is 6.75. The average Bonchev–Trinajstić information content (AvgIpc) is 2.47. The summed E-state index contributed by atoms with van der Waals surface area (Å²) in [7, 11) is -3.66. The molecule has 0 bridgehead atoms. The lowest BCUT2D eigenvalue weighted by atomic mass is 10.2. The van der Waals surface area contributed by atoms with E-state index in [1.54, 1.807) is 19.1 Å². The Kier molecular flexibility index (Phi) is 7.18. The number of sulfonamides is 1. The predicted molar refractivity (Wildman–Crippen MR) is 85.2 cm³/mol. The first-order chi connectivity index (χ1) is 10.8. The summed E-state index contributed by atoms with van der Waals surface area (Å²) in [5.74, 6) is -1.03. The van der Waals surface area contributed by atoms with Crippen LogP contribution in [0.3, 0.4) is 0 Å². The highest BCUT2D eigenvalue weighted by atomic mass is 32.2. The number of hydrogen-bond acceptors (Lipinski definition) is 5. The number of likely N-dealkylation sites (N-methyl/N-ethyl adjacent to an activating group) is 1. The maximum absolute atomic E-state index is 12.0. The van der Waals surface area contributed by atoms with E-state index in [1.807, 2.05) is 6.92 Å². The second-order valence-electron chi connectivity index (χ2n) is 4.99. The van der Waals surface area contributed by atoms with Gasteiger partial charge in [-0.05, 0) is 32.9 Å². The molecule has 0 fully saturated rings. The van der Waals surface area contributed by atoms with Crippen molar-refractivity contribution >= 4 is 21.9 Å². The van der Waals surface area contributed by atoms with Crippen LogP contribution < -0.4 is 10.0 Å². The van der Waals surface area contributed by atoms with E-state index in [4.69, 9.17) is 4.74 Å². The van der Waals surface area contributed by atoms with Gasteiger partial charge in [0.05, 0.1) is 11.3 Å². The van der Waals surface area contributed by atoms with Gasteiger partial charge in [0.2, 0.25) is 10.0 Å². The van der Waals surface area contributed by atoms with Gasteiger partial charge in [0, 0.05) is 13.1 Å². The Morgan fingerprint density at radius 1 is 1.22 bits per heavy atom. The van der Waals surface area contributed by atoms with E-state index in [-0.39, 0.29) is 23.8 Å². The fourth-order valence-corrected chi connectivity index (χ4v) is 2.75. The largest absolute Gasteiger partial charge is 0.453 e. The molecule has 23 heavy (non-hydrogen) atoms. The van der Waals surface area contributed by atoms with E-state index in [9.17, 15) is 18.0 Å². The number of carbonyl (C=O) groups is 2. The van der Waals surface area contributed by atoms with Gasteiger partial charge in [-0.25, -0.2) is 13.1 Å². The van der Waals surface area contributed by atoms with Gasteiger partial charge < -0.3 is 10.1 Å². The highest BCUT2D eigenvalue weighted by molar-refractivity contribution is 7.89. The Balaban J connectivity index is 2.45. The fourth-order valence-electron chi connectivity index (χ4n) is 1.72. The molecule has 1 aromatic rings. The lowest BCUT2D eigenvalue weighted by Gasteiger charge is -2.13. The van der Waals surface area contributed by atoms with Crippen molar-refractivity contribution in [2.45, 2.75) is 38.2 Å². The molecule has 0 unspecified atom stereocenters. The first-order valence-electron chi connectivity index (χ1n) is 7.29. The third-order valence-electron chi connectivity index (χ3n) is 2.98. The van der Waals surface area contributed by atoms with Crippen molar-refractivity contribution in [3.63, 3.8) is 0 Å². The van der Waals surface area contributed by atoms with Crippen molar-refractivity contribution in [3.05, 3.63) is 29.8 Å². The van der Waals surface area contributed by atoms with E-state index in [2.05, 4.69) is 10.0 Å². The third kappa shape index (κ3) is 6.37. The lowest BCUT2D eigenvalue weighted by molar-refractivity contribution is -0.154. The molecule has 128 valence electrons. The van der Waals surface area contributed by atoms with Gasteiger partial charge in [0.25, 0.3) is 5.91 Å². The first-order valence-corrected chi connectivity index (χ1v) is 8.78. The zero-order valence-electron chi connectivity index (χ0n) is 13.5. The minimum absolute atomic E-state index is 0.100. The molecule has 1 atom stereocenters. The number of esters is 1. The van der Waals surface area contributed by atoms with E-state index in [0.29, 0.717) is 6.54 Å². The zero-order valence-corrected chi connectivity index (χ0v) is 14.3. The fraction of sp³-hybridized carbons (Fsp3) is 0.467. The molecule has 0 aliphatic heterocycles. The number of benzene rings is 1. The minimum atomic E-state index is -3.66. The molecule has 1 rings (SSSR count). The molecule has 0 radical (unpaired) electrons. The van der Waals surface area contributed by atoms with Crippen LogP contribution in [0.5, 0.6) is 0 Å². The van der Waals surface area contributed by atoms with Crippen LogP contribution in [0.15, 0.2) is 29.2 Å². The molecule has 0 saturated carbocycles. The maximum Gasteiger partial charge on any atom is 0.307 e. The quantitative estimate of drug-likeness (QED) is 0.678. The number of amides is 1. The van der Waals surface area contributed by atoms with Gasteiger partial charge in [0.15, 0.2) is 6.10 Å². The topological polar surface area (TPSA) is 102 Å². The molecule has 7 nitrogen and oxygen atoms in total. The molecule has 2 N–H and O–H groups in total. The standard InChI is InChI=1S/C15H22N2O5S/c1-4-16-15(19)12(3)22-14(18)9-10-17-23(20,21)13-7-5-11(2)6-8-13/h5-8,12,17H,4,9-10H2,1-3H3,(H,16,19)/t12-/m0/s1. The summed E-state index contributed by atoms with van der Waals surface area (Å²) in [6, 6.07) is 6.37. The summed E-state index contributed by atoms with van der Waals surface area (Å²) >= 11 is 0. The minimum Gasteiger partial charge on any atom is -0.453 e. The molecule has 0 aliphatic carbocycles. The summed E-state index contributed by atoms with van der Waals surface area (Å²) < 4.78 is 31.3. The summed E-state index contributed by atoms with van der Waals surface area (Å²) in [6.07, 6.45) is -1.06. The molecule has 0 heterocycles. The summed E-state index contributed by atoms with van der Waals surface area (Å²) in [5, 5.41) is 2.53. The summed E-state index contributed by atoms with van der Waals surface area (Å²) in [4.78, 5) is 23.1. The van der Waals surface area contributed by atoms with Crippen molar-refractivity contribution in [3.8, 4) is 0 Å². The number of nitrogens with one attached hydrogen (secondary N) is 2. The molecule has 1 aromatic carbocycles. The number of aryl methyl sites for hydroxylation is 1. The van der Waals surface area contributed by atoms with Crippen molar-refractivity contribution in [1.29, 1.82) is 0 Å². The smallest absolute Gasteiger partial charge is 0.307 e. The Hall–Kier alpha value is -1.93. The van der Waals surface area contributed by atoms with Gasteiger partial charge in [0.1, 0.15) is 0 Å². The molecule has 0 spiro atoms. The van der Waals surface area contributed by atoms with E-state index in [0.717, 1.165) is 5.56 Å². The van der Waals surface area contributed by atoms with Gasteiger partial charge in [-0.15, -0.1) is 0 Å². The van der Waals surface area contributed by atoms with Crippen molar-refractivity contribution in [1.82, 2.24) is 10.0 Å². The Morgan fingerprint density at radius 3 is 2.39 bits per heavy atom. The van der Waals surface area contributed by atoms with Crippen LogP contribution in [0, 0.1) is 6.92 Å². The maximum atomic E-state index is 12.0. The van der Waals surface area contributed by atoms with E-state index < -0.39 is 22.1 Å². The van der Waals surface area contributed by atoms with Crippen LogP contribution in [-0.4, -0.2) is 39.5 Å². The van der Waals surface area contributed by atoms with Gasteiger partial charge in [-0.1, -0.05) is 17.7 Å². The Bertz CT molecular complexity index is 640. The van der Waals surface area contributed by atoms with Crippen LogP contribution in [0.2, 0.25) is 0 Å². The number of hydrogen-bond donors (Lipinski definition) is 2. The molecule has 8 heteroatoms.